The van der Waals surface area contributed by atoms with E-state index in [4.69, 9.17) is 16.3 Å². The average molecular weight is 346 g/mol. The largest absolute Gasteiger partial charge is 0.504 e. The van der Waals surface area contributed by atoms with Gasteiger partial charge in [-0.05, 0) is 43.6 Å². The van der Waals surface area contributed by atoms with Crippen LogP contribution in [0.5, 0.6) is 11.5 Å². The number of carbonyl (C=O) groups excluding carboxylic acids is 1. The molecule has 1 spiro atoms. The van der Waals surface area contributed by atoms with Gasteiger partial charge in [-0.15, -0.1) is 0 Å². The highest BCUT2D eigenvalue weighted by Gasteiger charge is 2.65. The highest BCUT2D eigenvalue weighted by atomic mass is 16.6. The van der Waals surface area contributed by atoms with Gasteiger partial charge < -0.3 is 14.6 Å². The van der Waals surface area contributed by atoms with Gasteiger partial charge in [0.1, 0.15) is 6.10 Å². The molecule has 4 aliphatic rings. The summed E-state index contributed by atoms with van der Waals surface area (Å²) in [7, 11) is 0. The number of likely N-dealkylation sites (N-methyl/N-ethyl adjacent to an activating group) is 1. The number of nitrogens with zero attached hydrogens (tertiary/aromatic N) is 1. The second-order valence-corrected chi connectivity index (χ2v) is 7.34. The first-order chi connectivity index (χ1) is 14.0. The van der Waals surface area contributed by atoms with Crippen LogP contribution in [0, 0.1) is 5.92 Å². The standard InChI is InChI=1S/C20H23NO4/c1-3-21-9-8-20-13-5-7-16(24-11(2)22)19(20)25-18-15(23)6-4-12(17(18)20)10-14(13)21/h4-7,13-14,16,19,23H,3,8-10H2,1-2H3/t13-,14?,16-,19-,20-/m0/s1/i1D3,3D2. The Morgan fingerprint density at radius 2 is 2.44 bits per heavy atom. The fraction of sp³-hybridized carbons (Fsp3) is 0.550. The second kappa shape index (κ2) is 5.01. The number of carbonyl (C=O) groups is 1. The van der Waals surface area contributed by atoms with Gasteiger partial charge in [0.25, 0.3) is 0 Å². The Kier molecular flexibility index (Phi) is 2.18. The molecule has 1 unspecified atom stereocenters. The van der Waals surface area contributed by atoms with Gasteiger partial charge in [-0.3, -0.25) is 9.69 Å². The van der Waals surface area contributed by atoms with Crippen molar-refractivity contribution in [3.63, 3.8) is 0 Å². The zero-order valence-corrected chi connectivity index (χ0v) is 13.9. The predicted octanol–water partition coefficient (Wildman–Crippen LogP) is 2.16. The van der Waals surface area contributed by atoms with E-state index in [0.29, 0.717) is 18.6 Å². The molecule has 5 atom stereocenters. The molecule has 1 N–H and O–H groups in total. The molecule has 0 radical (unpaired) electrons. The molecule has 2 aliphatic carbocycles. The Bertz CT molecular complexity index is 961. The van der Waals surface area contributed by atoms with Crippen LogP contribution in [-0.2, 0) is 21.4 Å². The molecule has 2 heterocycles. The van der Waals surface area contributed by atoms with Gasteiger partial charge in [0.15, 0.2) is 17.6 Å². The van der Waals surface area contributed by atoms with Crippen LogP contribution in [0.25, 0.3) is 0 Å². The van der Waals surface area contributed by atoms with Crippen LogP contribution < -0.4 is 4.74 Å². The predicted molar refractivity (Wildman–Crippen MR) is 91.7 cm³/mol. The van der Waals surface area contributed by atoms with Crippen molar-refractivity contribution in [3.05, 3.63) is 35.4 Å². The summed E-state index contributed by atoms with van der Waals surface area (Å²) in [6, 6.07) is 2.96. The molecule has 0 saturated carbocycles. The average Bonchev–Trinajstić information content (AvgIpc) is 2.98. The molecule has 5 heteroatoms. The van der Waals surface area contributed by atoms with E-state index in [-0.39, 0.29) is 18.2 Å². The quantitative estimate of drug-likeness (QED) is 0.657. The lowest BCUT2D eigenvalue weighted by molar-refractivity contribution is -0.152. The third-order valence-corrected chi connectivity index (χ3v) is 6.30. The Morgan fingerprint density at radius 3 is 3.24 bits per heavy atom. The summed E-state index contributed by atoms with van der Waals surface area (Å²) < 4.78 is 51.7. The summed E-state index contributed by atoms with van der Waals surface area (Å²) in [6.07, 6.45) is 3.36. The second-order valence-electron chi connectivity index (χ2n) is 7.34. The van der Waals surface area contributed by atoms with Crippen LogP contribution in [0.4, 0.5) is 0 Å². The number of benzene rings is 1. The molecular formula is C20H23NO4. The maximum atomic E-state index is 11.7. The summed E-state index contributed by atoms with van der Waals surface area (Å²) in [6.45, 7) is -3.71. The van der Waals surface area contributed by atoms with Crippen molar-refractivity contribution in [1.82, 2.24) is 4.90 Å². The molecule has 1 aromatic rings. The maximum Gasteiger partial charge on any atom is 0.303 e. The Balaban J connectivity index is 1.68. The molecule has 2 bridgehead atoms. The van der Waals surface area contributed by atoms with Crippen molar-refractivity contribution in [3.8, 4) is 11.5 Å². The van der Waals surface area contributed by atoms with Crippen LogP contribution in [-0.4, -0.2) is 47.3 Å². The van der Waals surface area contributed by atoms with Gasteiger partial charge in [0.2, 0.25) is 0 Å². The zero-order chi connectivity index (χ0) is 21.6. The van der Waals surface area contributed by atoms with Crippen LogP contribution >= 0.6 is 0 Å². The van der Waals surface area contributed by atoms with E-state index < -0.39 is 43.0 Å². The van der Waals surface area contributed by atoms with Crippen molar-refractivity contribution in [2.24, 2.45) is 5.92 Å². The van der Waals surface area contributed by atoms with E-state index >= 15 is 0 Å². The fourth-order valence-electron chi connectivity index (χ4n) is 5.47. The van der Waals surface area contributed by atoms with Crippen LogP contribution in [0.2, 0.25) is 0 Å². The first-order valence-electron chi connectivity index (χ1n) is 11.1. The molecular weight excluding hydrogens is 318 g/mol. The van der Waals surface area contributed by atoms with Gasteiger partial charge in [-0.1, -0.05) is 19.0 Å². The van der Waals surface area contributed by atoms with Crippen LogP contribution in [0.15, 0.2) is 24.3 Å². The number of hydrogen-bond donors (Lipinski definition) is 1. The molecule has 25 heavy (non-hydrogen) atoms. The lowest BCUT2D eigenvalue weighted by Gasteiger charge is -2.57. The number of rotatable bonds is 2. The van der Waals surface area contributed by atoms with Gasteiger partial charge in [-0.2, -0.15) is 0 Å². The number of hydrogen-bond acceptors (Lipinski definition) is 5. The molecule has 1 fully saturated rings. The summed E-state index contributed by atoms with van der Waals surface area (Å²) in [5, 5.41) is 10.5. The van der Waals surface area contributed by atoms with Crippen LogP contribution in [0.1, 0.15) is 38.2 Å². The molecule has 2 aliphatic heterocycles. The van der Waals surface area contributed by atoms with Crippen molar-refractivity contribution < 1.29 is 26.2 Å². The SMILES string of the molecule is [2H]C([2H])([2H])C([2H])([2H])N1CC[C@]23c4c5ccc(O)c4O[C@H]2[C@@H](OC(C)=O)C=C[C@H]3C1C5. The van der Waals surface area contributed by atoms with Crippen LogP contribution in [0.3, 0.4) is 0 Å². The Labute approximate surface area is 154 Å². The molecule has 5 rings (SSSR count). The monoisotopic (exact) mass is 346 g/mol. The summed E-state index contributed by atoms with van der Waals surface area (Å²) in [5.41, 5.74) is 1.20. The summed E-state index contributed by atoms with van der Waals surface area (Å²) in [4.78, 5) is 13.2. The molecule has 0 amide bonds. The van der Waals surface area contributed by atoms with Gasteiger partial charge >= 0.3 is 5.97 Å². The number of likely N-dealkylation sites (tertiary alicyclic amines) is 1. The topological polar surface area (TPSA) is 59.0 Å². The minimum Gasteiger partial charge on any atom is -0.504 e. The third-order valence-electron chi connectivity index (χ3n) is 6.30. The molecule has 0 aromatic heterocycles. The van der Waals surface area contributed by atoms with E-state index in [1.807, 2.05) is 6.08 Å². The summed E-state index contributed by atoms with van der Waals surface area (Å²) >= 11 is 0. The van der Waals surface area contributed by atoms with Gasteiger partial charge in [0.05, 0.1) is 0 Å². The number of aromatic hydroxyl groups is 1. The Morgan fingerprint density at radius 1 is 1.56 bits per heavy atom. The third kappa shape index (κ3) is 1.79. The number of piperidine rings is 1. The minimum absolute atomic E-state index is 0.0246. The van der Waals surface area contributed by atoms with Gasteiger partial charge in [0, 0.05) is 36.7 Å². The van der Waals surface area contributed by atoms with E-state index in [0.717, 1.165) is 11.1 Å². The zero-order valence-electron chi connectivity index (χ0n) is 18.9. The molecule has 1 saturated heterocycles. The summed E-state index contributed by atoms with van der Waals surface area (Å²) in [5.74, 6) is -0.242. The molecule has 132 valence electrons. The lowest BCUT2D eigenvalue weighted by atomic mass is 9.53. The maximum absolute atomic E-state index is 11.7. The van der Waals surface area contributed by atoms with E-state index in [1.165, 1.54) is 11.8 Å². The normalized spacial score (nSPS) is 41.4. The van der Waals surface area contributed by atoms with E-state index in [1.54, 1.807) is 18.2 Å². The van der Waals surface area contributed by atoms with Crippen molar-refractivity contribution in [2.75, 3.05) is 13.0 Å². The number of ether oxygens (including phenoxy) is 2. The fourth-order valence-corrected chi connectivity index (χ4v) is 5.47. The highest BCUT2D eigenvalue weighted by molar-refractivity contribution is 5.67. The highest BCUT2D eigenvalue weighted by Crippen LogP contribution is 2.62. The van der Waals surface area contributed by atoms with Gasteiger partial charge in [-0.25, -0.2) is 0 Å². The first kappa shape index (κ1) is 10.9. The number of esters is 1. The number of phenols is 1. The minimum atomic E-state index is -2.79. The lowest BCUT2D eigenvalue weighted by Crippen LogP contribution is -2.65. The van der Waals surface area contributed by atoms with Crippen molar-refractivity contribution in [1.29, 1.82) is 0 Å². The van der Waals surface area contributed by atoms with Crippen molar-refractivity contribution in [2.45, 2.75) is 50.3 Å². The Hall–Kier alpha value is -2.01. The molecule has 1 aromatic carbocycles. The first-order valence-corrected chi connectivity index (χ1v) is 8.63. The molecule has 5 nitrogen and oxygen atoms in total. The smallest absolute Gasteiger partial charge is 0.303 e. The number of phenolic OH excluding ortho intramolecular Hbond substituents is 1. The van der Waals surface area contributed by atoms with Crippen molar-refractivity contribution >= 4 is 5.97 Å². The van der Waals surface area contributed by atoms with E-state index in [9.17, 15) is 9.90 Å². The van der Waals surface area contributed by atoms with E-state index in [2.05, 4.69) is 0 Å².